The van der Waals surface area contributed by atoms with E-state index in [4.69, 9.17) is 0 Å². The molecule has 6 heteroatoms. The lowest BCUT2D eigenvalue weighted by Gasteiger charge is -2.19. The molecule has 0 aliphatic heterocycles. The first-order valence-corrected chi connectivity index (χ1v) is 8.08. The Bertz CT molecular complexity index is 671. The van der Waals surface area contributed by atoms with Gasteiger partial charge in [0.2, 0.25) is 0 Å². The van der Waals surface area contributed by atoms with E-state index in [1.165, 1.54) is 0 Å². The molecular formula is C17H25N5O. The predicted octanol–water partition coefficient (Wildman–Crippen LogP) is 3.01. The van der Waals surface area contributed by atoms with Gasteiger partial charge < -0.3 is 10.2 Å². The van der Waals surface area contributed by atoms with Crippen molar-refractivity contribution in [3.63, 3.8) is 0 Å². The maximum atomic E-state index is 12.5. The monoisotopic (exact) mass is 315 g/mol. The van der Waals surface area contributed by atoms with Gasteiger partial charge in [-0.1, -0.05) is 0 Å². The lowest BCUT2D eigenvalue weighted by molar-refractivity contribution is 0.102. The summed E-state index contributed by atoms with van der Waals surface area (Å²) in [4.78, 5) is 19.1. The van der Waals surface area contributed by atoms with Crippen LogP contribution in [0.15, 0.2) is 18.3 Å². The Morgan fingerprint density at radius 1 is 1.22 bits per heavy atom. The van der Waals surface area contributed by atoms with E-state index in [0.717, 1.165) is 36.8 Å². The number of amides is 1. The van der Waals surface area contributed by atoms with Gasteiger partial charge in [-0.3, -0.25) is 9.48 Å². The first-order valence-electron chi connectivity index (χ1n) is 8.08. The van der Waals surface area contributed by atoms with Gasteiger partial charge in [0, 0.05) is 25.3 Å². The van der Waals surface area contributed by atoms with Gasteiger partial charge in [-0.05, 0) is 46.8 Å². The van der Waals surface area contributed by atoms with Gasteiger partial charge in [0.25, 0.3) is 5.91 Å². The highest BCUT2D eigenvalue weighted by Crippen LogP contribution is 2.17. The molecule has 0 spiro atoms. The quantitative estimate of drug-likeness (QED) is 0.890. The van der Waals surface area contributed by atoms with Crippen molar-refractivity contribution in [3.05, 3.63) is 35.3 Å². The molecule has 1 N–H and O–H groups in total. The van der Waals surface area contributed by atoms with Crippen LogP contribution in [-0.2, 0) is 6.54 Å². The van der Waals surface area contributed by atoms with Gasteiger partial charge in [-0.15, -0.1) is 0 Å². The topological polar surface area (TPSA) is 63.1 Å². The van der Waals surface area contributed by atoms with E-state index in [-0.39, 0.29) is 5.91 Å². The van der Waals surface area contributed by atoms with E-state index in [9.17, 15) is 4.79 Å². The molecule has 6 nitrogen and oxygen atoms in total. The number of rotatable bonds is 6. The molecule has 2 rings (SSSR count). The average molecular weight is 315 g/mol. The van der Waals surface area contributed by atoms with Crippen molar-refractivity contribution in [3.8, 4) is 0 Å². The molecule has 0 bridgehead atoms. The molecule has 0 radical (unpaired) electrons. The summed E-state index contributed by atoms with van der Waals surface area (Å²) in [6, 6.07) is 3.81. The smallest absolute Gasteiger partial charge is 0.259 e. The van der Waals surface area contributed by atoms with Crippen LogP contribution < -0.4 is 10.2 Å². The van der Waals surface area contributed by atoms with Crippen LogP contribution >= 0.6 is 0 Å². The molecule has 0 unspecified atom stereocenters. The number of nitrogens with one attached hydrogen (secondary N) is 1. The van der Waals surface area contributed by atoms with E-state index >= 15 is 0 Å². The molecular weight excluding hydrogens is 290 g/mol. The third-order valence-corrected chi connectivity index (χ3v) is 4.00. The Morgan fingerprint density at radius 3 is 2.39 bits per heavy atom. The Balaban J connectivity index is 2.16. The van der Waals surface area contributed by atoms with Crippen LogP contribution in [0.1, 0.15) is 42.5 Å². The summed E-state index contributed by atoms with van der Waals surface area (Å²) in [5, 5.41) is 7.29. The minimum atomic E-state index is -0.142. The lowest BCUT2D eigenvalue weighted by atomic mass is 10.2. The second-order valence-electron chi connectivity index (χ2n) is 5.39. The van der Waals surface area contributed by atoms with Crippen LogP contribution in [0.2, 0.25) is 0 Å². The van der Waals surface area contributed by atoms with Gasteiger partial charge in [-0.2, -0.15) is 5.10 Å². The molecule has 0 aliphatic rings. The second-order valence-corrected chi connectivity index (χ2v) is 5.39. The number of carbonyl (C=O) groups is 1. The van der Waals surface area contributed by atoms with Gasteiger partial charge in [0.1, 0.15) is 5.82 Å². The van der Waals surface area contributed by atoms with Crippen molar-refractivity contribution in [1.29, 1.82) is 0 Å². The molecule has 2 aromatic heterocycles. The molecule has 0 saturated carbocycles. The van der Waals surface area contributed by atoms with E-state index in [0.29, 0.717) is 11.3 Å². The Hall–Kier alpha value is -2.37. The number of hydrogen-bond donors (Lipinski definition) is 1. The molecule has 1 amide bonds. The van der Waals surface area contributed by atoms with Crippen LogP contribution in [0, 0.1) is 13.8 Å². The van der Waals surface area contributed by atoms with Crippen LogP contribution in [0.25, 0.3) is 0 Å². The standard InChI is InChI=1S/C17H25N5O/c1-6-21(7-2)15-10-9-14(11-18-15)19-17(23)16-12(4)20-22(8-3)13(16)5/h9-11H,6-8H2,1-5H3,(H,19,23). The van der Waals surface area contributed by atoms with Crippen LogP contribution in [-0.4, -0.2) is 33.8 Å². The zero-order valence-corrected chi connectivity index (χ0v) is 14.6. The highest BCUT2D eigenvalue weighted by atomic mass is 16.1. The van der Waals surface area contributed by atoms with Crippen molar-refractivity contribution in [2.45, 2.75) is 41.2 Å². The zero-order valence-electron chi connectivity index (χ0n) is 14.6. The van der Waals surface area contributed by atoms with Crippen LogP contribution in [0.3, 0.4) is 0 Å². The molecule has 2 heterocycles. The Morgan fingerprint density at radius 2 is 1.91 bits per heavy atom. The van der Waals surface area contributed by atoms with Gasteiger partial charge in [0.05, 0.1) is 23.1 Å². The number of aromatic nitrogens is 3. The Kier molecular flexibility index (Phi) is 5.36. The van der Waals surface area contributed by atoms with E-state index < -0.39 is 0 Å². The van der Waals surface area contributed by atoms with E-state index in [1.807, 2.05) is 37.6 Å². The summed E-state index contributed by atoms with van der Waals surface area (Å²) in [5.41, 5.74) is 2.96. The minimum Gasteiger partial charge on any atom is -0.357 e. The maximum Gasteiger partial charge on any atom is 0.259 e. The highest BCUT2D eigenvalue weighted by Gasteiger charge is 2.18. The van der Waals surface area contributed by atoms with E-state index in [1.54, 1.807) is 6.20 Å². The van der Waals surface area contributed by atoms with Crippen LogP contribution in [0.4, 0.5) is 11.5 Å². The van der Waals surface area contributed by atoms with Crippen molar-refractivity contribution < 1.29 is 4.79 Å². The fraction of sp³-hybridized carbons (Fsp3) is 0.471. The van der Waals surface area contributed by atoms with Crippen molar-refractivity contribution in [2.24, 2.45) is 0 Å². The van der Waals surface area contributed by atoms with Crippen molar-refractivity contribution >= 4 is 17.4 Å². The maximum absolute atomic E-state index is 12.5. The second kappa shape index (κ2) is 7.26. The number of pyridine rings is 1. The SMILES string of the molecule is CCN(CC)c1ccc(NC(=O)c2c(C)nn(CC)c2C)cn1. The first-order chi connectivity index (χ1) is 11.0. The molecule has 0 fully saturated rings. The summed E-state index contributed by atoms with van der Waals surface area (Å²) < 4.78 is 1.84. The lowest BCUT2D eigenvalue weighted by Crippen LogP contribution is -2.23. The van der Waals surface area contributed by atoms with Crippen molar-refractivity contribution in [2.75, 3.05) is 23.3 Å². The zero-order chi connectivity index (χ0) is 17.0. The third kappa shape index (κ3) is 3.52. The molecule has 0 saturated heterocycles. The third-order valence-electron chi connectivity index (χ3n) is 4.00. The van der Waals surface area contributed by atoms with Gasteiger partial charge in [-0.25, -0.2) is 4.98 Å². The summed E-state index contributed by atoms with van der Waals surface area (Å²) in [6.07, 6.45) is 1.69. The molecule has 23 heavy (non-hydrogen) atoms. The molecule has 0 aliphatic carbocycles. The fourth-order valence-corrected chi connectivity index (χ4v) is 2.72. The number of nitrogens with zero attached hydrogens (tertiary/aromatic N) is 4. The average Bonchev–Trinajstić information content (AvgIpc) is 2.84. The van der Waals surface area contributed by atoms with Crippen LogP contribution in [0.5, 0.6) is 0 Å². The number of anilines is 2. The minimum absolute atomic E-state index is 0.142. The summed E-state index contributed by atoms with van der Waals surface area (Å²) in [7, 11) is 0. The number of hydrogen-bond acceptors (Lipinski definition) is 4. The molecule has 0 atom stereocenters. The first kappa shape index (κ1) is 17.0. The number of aryl methyl sites for hydroxylation is 2. The fourth-order valence-electron chi connectivity index (χ4n) is 2.72. The molecule has 0 aromatic carbocycles. The van der Waals surface area contributed by atoms with Gasteiger partial charge >= 0.3 is 0 Å². The predicted molar refractivity (Wildman–Crippen MR) is 93.1 cm³/mol. The van der Waals surface area contributed by atoms with Gasteiger partial charge in [0.15, 0.2) is 0 Å². The Labute approximate surface area is 137 Å². The highest BCUT2D eigenvalue weighted by molar-refractivity contribution is 6.05. The molecule has 2 aromatic rings. The van der Waals surface area contributed by atoms with Crippen molar-refractivity contribution in [1.82, 2.24) is 14.8 Å². The summed E-state index contributed by atoms with van der Waals surface area (Å²) >= 11 is 0. The largest absolute Gasteiger partial charge is 0.357 e. The normalized spacial score (nSPS) is 10.7. The molecule has 124 valence electrons. The summed E-state index contributed by atoms with van der Waals surface area (Å²) in [5.74, 6) is 0.774. The van der Waals surface area contributed by atoms with E-state index in [2.05, 4.69) is 34.1 Å². The summed E-state index contributed by atoms with van der Waals surface area (Å²) in [6.45, 7) is 12.5. The number of carbonyl (C=O) groups excluding carboxylic acids is 1.